The smallest absolute Gasteiger partial charge is 0.306 e. The van der Waals surface area contributed by atoms with Crippen molar-refractivity contribution in [1.29, 1.82) is 0 Å². The molecule has 1 aromatic heterocycles. The van der Waals surface area contributed by atoms with Crippen molar-refractivity contribution in [2.24, 2.45) is 11.3 Å². The van der Waals surface area contributed by atoms with Gasteiger partial charge in [0.2, 0.25) is 0 Å². The van der Waals surface area contributed by atoms with Gasteiger partial charge in [-0.05, 0) is 38.7 Å². The second-order valence-corrected chi connectivity index (χ2v) is 9.19. The molecule has 6 nitrogen and oxygen atoms in total. The second-order valence-electron chi connectivity index (χ2n) is 9.19. The summed E-state index contributed by atoms with van der Waals surface area (Å²) in [4.78, 5) is 16.4. The van der Waals surface area contributed by atoms with Crippen LogP contribution in [0, 0.1) is 11.3 Å². The molecule has 0 saturated carbocycles. The minimum Gasteiger partial charge on any atom is -0.460 e. The first-order chi connectivity index (χ1) is 11.9. The summed E-state index contributed by atoms with van der Waals surface area (Å²) in [6, 6.07) is 1.84. The van der Waals surface area contributed by atoms with Crippen molar-refractivity contribution in [2.75, 3.05) is 5.73 Å². The van der Waals surface area contributed by atoms with Gasteiger partial charge in [0.25, 0.3) is 0 Å². The lowest BCUT2D eigenvalue weighted by Gasteiger charge is -2.45. The van der Waals surface area contributed by atoms with E-state index in [-0.39, 0.29) is 29.8 Å². The highest BCUT2D eigenvalue weighted by Gasteiger charge is 2.45. The molecule has 6 heteroatoms. The Bertz CT molecular complexity index is 633. The zero-order valence-corrected chi connectivity index (χ0v) is 16.7. The van der Waals surface area contributed by atoms with E-state index in [1.165, 1.54) is 0 Å². The van der Waals surface area contributed by atoms with Crippen molar-refractivity contribution >= 4 is 11.7 Å². The van der Waals surface area contributed by atoms with Crippen molar-refractivity contribution in [3.8, 4) is 0 Å². The molecule has 0 amide bonds. The van der Waals surface area contributed by atoms with E-state index in [9.17, 15) is 9.90 Å². The number of anilines is 1. The van der Waals surface area contributed by atoms with Crippen LogP contribution < -0.4 is 5.73 Å². The highest BCUT2D eigenvalue weighted by molar-refractivity contribution is 5.70. The summed E-state index contributed by atoms with van der Waals surface area (Å²) < 4.78 is 11.7. The standard InChI is InChI=1S/C20H32N2O4/c1-19(2,3)18-17(24)12(10-16(23)26-20(4,5)6)9-15(25-18)13-7-8-22-11-14(13)21/h7-8,11-12,15,17-18,24H,9-10,21H2,1-6H3/t12-,15+,17-,18-/m0/s1. The summed E-state index contributed by atoms with van der Waals surface area (Å²) in [6.45, 7) is 11.6. The number of hydrogen-bond acceptors (Lipinski definition) is 6. The molecule has 1 aromatic rings. The largest absolute Gasteiger partial charge is 0.460 e. The molecular formula is C20H32N2O4. The Balaban J connectivity index is 2.25. The maximum absolute atomic E-state index is 12.3. The molecule has 1 aliphatic heterocycles. The van der Waals surface area contributed by atoms with Gasteiger partial charge in [-0.25, -0.2) is 0 Å². The Hall–Kier alpha value is -1.66. The predicted molar refractivity (Wildman–Crippen MR) is 100 cm³/mol. The molecule has 0 aliphatic carbocycles. The first-order valence-electron chi connectivity index (χ1n) is 9.13. The van der Waals surface area contributed by atoms with Crippen LogP contribution >= 0.6 is 0 Å². The van der Waals surface area contributed by atoms with Crippen LogP contribution in [0.2, 0.25) is 0 Å². The molecule has 0 aromatic carbocycles. The van der Waals surface area contributed by atoms with Gasteiger partial charge < -0.3 is 20.3 Å². The number of aliphatic hydroxyl groups is 1. The molecule has 1 saturated heterocycles. The lowest BCUT2D eigenvalue weighted by atomic mass is 9.75. The molecule has 1 fully saturated rings. The van der Waals surface area contributed by atoms with Crippen LogP contribution in [0.25, 0.3) is 0 Å². The van der Waals surface area contributed by atoms with E-state index >= 15 is 0 Å². The van der Waals surface area contributed by atoms with E-state index in [4.69, 9.17) is 15.2 Å². The van der Waals surface area contributed by atoms with Crippen LogP contribution in [-0.2, 0) is 14.3 Å². The molecular weight excluding hydrogens is 332 g/mol. The van der Waals surface area contributed by atoms with Crippen LogP contribution in [0.5, 0.6) is 0 Å². The number of pyridine rings is 1. The number of aromatic nitrogens is 1. The minimum atomic E-state index is -0.748. The highest BCUT2D eigenvalue weighted by atomic mass is 16.6. The van der Waals surface area contributed by atoms with Crippen molar-refractivity contribution in [2.45, 2.75) is 78.3 Å². The third-order valence-corrected chi connectivity index (χ3v) is 4.56. The van der Waals surface area contributed by atoms with Crippen molar-refractivity contribution < 1.29 is 19.4 Å². The van der Waals surface area contributed by atoms with E-state index in [0.29, 0.717) is 12.1 Å². The number of nitrogens with zero attached hydrogens (tertiary/aromatic N) is 1. The van der Waals surface area contributed by atoms with Gasteiger partial charge in [-0.1, -0.05) is 20.8 Å². The zero-order chi connectivity index (χ0) is 19.7. The molecule has 2 heterocycles. The summed E-state index contributed by atoms with van der Waals surface area (Å²) in [5.41, 5.74) is 6.63. The predicted octanol–water partition coefficient (Wildman–Crippen LogP) is 3.25. The van der Waals surface area contributed by atoms with Gasteiger partial charge >= 0.3 is 5.97 Å². The second kappa shape index (κ2) is 7.53. The summed E-state index contributed by atoms with van der Waals surface area (Å²) in [6.07, 6.45) is 2.46. The molecule has 0 spiro atoms. The number of rotatable bonds is 3. The van der Waals surface area contributed by atoms with Crippen LogP contribution in [0.3, 0.4) is 0 Å². The van der Waals surface area contributed by atoms with Gasteiger partial charge in [0.1, 0.15) is 5.60 Å². The number of aliphatic hydroxyl groups excluding tert-OH is 1. The number of nitrogens with two attached hydrogens (primary N) is 1. The van der Waals surface area contributed by atoms with Crippen molar-refractivity contribution in [3.63, 3.8) is 0 Å². The normalized spacial score (nSPS) is 27.2. The fraction of sp³-hybridized carbons (Fsp3) is 0.700. The number of hydrogen-bond donors (Lipinski definition) is 2. The van der Waals surface area contributed by atoms with Crippen molar-refractivity contribution in [3.05, 3.63) is 24.0 Å². The average Bonchev–Trinajstić information content (AvgIpc) is 2.47. The molecule has 2 rings (SSSR count). The molecule has 0 radical (unpaired) electrons. The van der Waals surface area contributed by atoms with Crippen LogP contribution in [0.4, 0.5) is 5.69 Å². The molecule has 3 N–H and O–H groups in total. The topological polar surface area (TPSA) is 94.7 Å². The third-order valence-electron chi connectivity index (χ3n) is 4.56. The average molecular weight is 364 g/mol. The summed E-state index contributed by atoms with van der Waals surface area (Å²) in [5, 5.41) is 10.9. The Morgan fingerprint density at radius 2 is 2.00 bits per heavy atom. The van der Waals surface area contributed by atoms with E-state index in [2.05, 4.69) is 4.98 Å². The van der Waals surface area contributed by atoms with Crippen LogP contribution in [-0.4, -0.2) is 33.9 Å². The fourth-order valence-electron chi connectivity index (χ4n) is 3.40. The number of ether oxygens (including phenoxy) is 2. The number of carbonyl (C=O) groups excluding carboxylic acids is 1. The highest BCUT2D eigenvalue weighted by Crippen LogP contribution is 2.43. The SMILES string of the molecule is CC(C)(C)OC(=O)C[C@@H]1C[C@H](c2ccncc2N)O[C@H](C(C)(C)C)[C@H]1O. The van der Waals surface area contributed by atoms with Gasteiger partial charge in [-0.15, -0.1) is 0 Å². The van der Waals surface area contributed by atoms with Crippen LogP contribution in [0.15, 0.2) is 18.5 Å². The Labute approximate surface area is 156 Å². The molecule has 1 aliphatic rings. The summed E-state index contributed by atoms with van der Waals surface area (Å²) in [7, 11) is 0. The van der Waals surface area contributed by atoms with Crippen LogP contribution in [0.1, 0.15) is 66.1 Å². The van der Waals surface area contributed by atoms with Gasteiger partial charge in [0.05, 0.1) is 36.6 Å². The molecule has 146 valence electrons. The maximum atomic E-state index is 12.3. The zero-order valence-electron chi connectivity index (χ0n) is 16.7. The third kappa shape index (κ3) is 5.17. The maximum Gasteiger partial charge on any atom is 0.306 e. The molecule has 0 bridgehead atoms. The summed E-state index contributed by atoms with van der Waals surface area (Å²) >= 11 is 0. The molecule has 0 unspecified atom stereocenters. The molecule has 4 atom stereocenters. The Kier molecular flexibility index (Phi) is 5.98. The summed E-state index contributed by atoms with van der Waals surface area (Å²) in [5.74, 6) is -0.571. The van der Waals surface area contributed by atoms with Gasteiger partial charge in [-0.2, -0.15) is 0 Å². The number of carbonyl (C=O) groups is 1. The molecule has 26 heavy (non-hydrogen) atoms. The van der Waals surface area contributed by atoms with Crippen molar-refractivity contribution in [1.82, 2.24) is 4.98 Å². The van der Waals surface area contributed by atoms with Gasteiger partial charge in [0, 0.05) is 17.7 Å². The number of nitrogen functional groups attached to an aromatic ring is 1. The van der Waals surface area contributed by atoms with E-state index in [1.807, 2.05) is 47.6 Å². The van der Waals surface area contributed by atoms with Gasteiger partial charge in [-0.3, -0.25) is 9.78 Å². The minimum absolute atomic E-state index is 0.149. The Morgan fingerprint density at radius 3 is 2.54 bits per heavy atom. The lowest BCUT2D eigenvalue weighted by Crippen LogP contribution is -2.49. The van der Waals surface area contributed by atoms with E-state index in [1.54, 1.807) is 12.4 Å². The lowest BCUT2D eigenvalue weighted by molar-refractivity contribution is -0.190. The van der Waals surface area contributed by atoms with Gasteiger partial charge in [0.15, 0.2) is 0 Å². The first kappa shape index (κ1) is 20.6. The van der Waals surface area contributed by atoms with E-state index < -0.39 is 17.8 Å². The van der Waals surface area contributed by atoms with E-state index in [0.717, 1.165) is 5.56 Å². The first-order valence-corrected chi connectivity index (χ1v) is 9.13. The number of esters is 1. The monoisotopic (exact) mass is 364 g/mol. The Morgan fingerprint density at radius 1 is 1.35 bits per heavy atom. The fourth-order valence-corrected chi connectivity index (χ4v) is 3.40. The quantitative estimate of drug-likeness (QED) is 0.800.